The molecule has 1 fully saturated rings. The van der Waals surface area contributed by atoms with Gasteiger partial charge in [0.15, 0.2) is 5.11 Å². The number of thiocarbonyl (C=S) groups is 1. The molecule has 2 N–H and O–H groups in total. The van der Waals surface area contributed by atoms with Crippen molar-refractivity contribution in [2.45, 2.75) is 32.4 Å². The Kier molecular flexibility index (Phi) is 8.53. The van der Waals surface area contributed by atoms with Crippen LogP contribution in [0.15, 0.2) is 79.0 Å². The highest BCUT2D eigenvalue weighted by molar-refractivity contribution is 7.80. The number of amides is 1. The number of carbonyl (C=O) groups excluding carboxylic acids is 2. The minimum Gasteiger partial charge on any atom is -0.495 e. The second-order valence-corrected chi connectivity index (χ2v) is 10.4. The number of ether oxygens (including phenoxy) is 2. The normalized spacial score (nSPS) is 16.2. The van der Waals surface area contributed by atoms with Crippen LogP contribution in [0.5, 0.6) is 5.75 Å². The lowest BCUT2D eigenvalue weighted by molar-refractivity contribution is -0.116. The number of para-hydroxylation sites is 2. The van der Waals surface area contributed by atoms with Gasteiger partial charge in [-0.25, -0.2) is 4.79 Å². The van der Waals surface area contributed by atoms with Gasteiger partial charge in [-0.2, -0.15) is 0 Å². The van der Waals surface area contributed by atoms with Crippen molar-refractivity contribution < 1.29 is 19.1 Å². The number of carbonyl (C=O) groups is 2. The van der Waals surface area contributed by atoms with Crippen LogP contribution in [-0.2, 0) is 9.53 Å². The van der Waals surface area contributed by atoms with Gasteiger partial charge >= 0.3 is 5.97 Å². The molecule has 4 aromatic rings. The zero-order valence-corrected chi connectivity index (χ0v) is 24.8. The molecule has 0 radical (unpaired) electrons. The van der Waals surface area contributed by atoms with Gasteiger partial charge in [-0.3, -0.25) is 9.78 Å². The first kappa shape index (κ1) is 28.8. The Morgan fingerprint density at radius 1 is 1.02 bits per heavy atom. The number of nitrogens with one attached hydrogen (secondary N) is 2. The minimum atomic E-state index is -0.377. The summed E-state index contributed by atoms with van der Waals surface area (Å²) in [5, 5.41) is 6.98. The number of rotatable bonds is 9. The van der Waals surface area contributed by atoms with Gasteiger partial charge in [-0.05, 0) is 86.2 Å². The van der Waals surface area contributed by atoms with Gasteiger partial charge in [-0.15, -0.1) is 0 Å². The number of esters is 1. The van der Waals surface area contributed by atoms with Gasteiger partial charge in [-0.1, -0.05) is 18.2 Å². The first-order chi connectivity index (χ1) is 20.3. The number of hydrogen-bond acceptors (Lipinski definition) is 6. The third-order valence-electron chi connectivity index (χ3n) is 7.49. The first-order valence-electron chi connectivity index (χ1n) is 13.6. The highest BCUT2D eigenvalue weighted by atomic mass is 32.1. The number of benzene rings is 2. The molecule has 3 heterocycles. The third-order valence-corrected chi connectivity index (χ3v) is 7.85. The average Bonchev–Trinajstić information content (AvgIpc) is 3.50. The predicted octanol–water partition coefficient (Wildman–Crippen LogP) is 5.29. The van der Waals surface area contributed by atoms with Gasteiger partial charge in [0.1, 0.15) is 5.75 Å². The van der Waals surface area contributed by atoms with Crippen molar-refractivity contribution in [2.24, 2.45) is 0 Å². The molecule has 0 saturated carbocycles. The van der Waals surface area contributed by atoms with Crippen LogP contribution in [-0.4, -0.2) is 52.2 Å². The van der Waals surface area contributed by atoms with Crippen LogP contribution in [0, 0.1) is 13.8 Å². The van der Waals surface area contributed by atoms with Crippen molar-refractivity contribution in [3.05, 3.63) is 107 Å². The van der Waals surface area contributed by atoms with E-state index in [2.05, 4.69) is 38.1 Å². The Hall–Kier alpha value is -4.70. The maximum Gasteiger partial charge on any atom is 0.337 e. The fourth-order valence-corrected chi connectivity index (χ4v) is 5.85. The van der Waals surface area contributed by atoms with Crippen LogP contribution in [0.4, 0.5) is 5.69 Å². The number of hydrogen-bond donors (Lipinski definition) is 2. The van der Waals surface area contributed by atoms with E-state index in [1.54, 1.807) is 31.5 Å². The third kappa shape index (κ3) is 5.71. The smallest absolute Gasteiger partial charge is 0.337 e. The van der Waals surface area contributed by atoms with Crippen LogP contribution in [0.2, 0.25) is 0 Å². The SMILES string of the molecule is COC(=O)c1ccc(-n2c(C)cc(C3C(c4ccccn4)NC(=S)N3CCC(=O)Nc3ccccc3OC)c2C)cc1. The molecular formula is C32H33N5O4S. The van der Waals surface area contributed by atoms with E-state index in [0.717, 1.165) is 28.3 Å². The average molecular weight is 584 g/mol. The van der Waals surface area contributed by atoms with Crippen molar-refractivity contribution in [1.29, 1.82) is 0 Å². The lowest BCUT2D eigenvalue weighted by Gasteiger charge is -2.28. The summed E-state index contributed by atoms with van der Waals surface area (Å²) in [6, 6.07) is 22.2. The zero-order chi connectivity index (χ0) is 29.8. The summed E-state index contributed by atoms with van der Waals surface area (Å²) in [5.74, 6) is 0.0835. The van der Waals surface area contributed by atoms with E-state index in [4.69, 9.17) is 21.7 Å². The fraction of sp³-hybridized carbons (Fsp3) is 0.250. The van der Waals surface area contributed by atoms with E-state index < -0.39 is 0 Å². The molecule has 2 aromatic heterocycles. The van der Waals surface area contributed by atoms with E-state index in [-0.39, 0.29) is 30.4 Å². The Bertz CT molecular complexity index is 1600. The molecule has 9 nitrogen and oxygen atoms in total. The van der Waals surface area contributed by atoms with Gasteiger partial charge in [0.2, 0.25) is 5.91 Å². The molecule has 0 spiro atoms. The minimum absolute atomic E-state index is 0.140. The summed E-state index contributed by atoms with van der Waals surface area (Å²) < 4.78 is 12.4. The second-order valence-electron chi connectivity index (χ2n) is 10.0. The molecule has 1 saturated heterocycles. The number of aryl methyl sites for hydroxylation is 1. The Morgan fingerprint density at radius 2 is 1.76 bits per heavy atom. The summed E-state index contributed by atoms with van der Waals surface area (Å²) in [4.78, 5) is 31.7. The van der Waals surface area contributed by atoms with Crippen molar-refractivity contribution in [1.82, 2.24) is 19.8 Å². The molecule has 2 aromatic carbocycles. The lowest BCUT2D eigenvalue weighted by Crippen LogP contribution is -2.33. The predicted molar refractivity (Wildman–Crippen MR) is 165 cm³/mol. The standard InChI is InChI=1S/C32H33N5O4S/c1-20-19-24(21(2)37(20)23-14-12-22(13-15-23)31(39)41-4)30-29(26-10-7-8-17-33-26)35-32(42)36(30)18-16-28(38)34-25-9-5-6-11-27(25)40-3/h5-15,17,19,29-30H,16,18H2,1-4H3,(H,34,38)(H,35,42). The van der Waals surface area contributed by atoms with Crippen molar-refractivity contribution >= 4 is 34.9 Å². The quantitative estimate of drug-likeness (QED) is 0.203. The molecule has 1 aliphatic rings. The number of pyridine rings is 1. The molecule has 5 rings (SSSR count). The van der Waals surface area contributed by atoms with Gasteiger partial charge in [0.05, 0.1) is 43.2 Å². The maximum atomic E-state index is 13.0. The topological polar surface area (TPSA) is 97.7 Å². The van der Waals surface area contributed by atoms with E-state index in [1.807, 2.05) is 55.5 Å². The fourth-order valence-electron chi connectivity index (χ4n) is 5.52. The largest absolute Gasteiger partial charge is 0.495 e. The number of anilines is 1. The molecule has 2 unspecified atom stereocenters. The highest BCUT2D eigenvalue weighted by Gasteiger charge is 2.41. The number of aromatic nitrogens is 2. The summed E-state index contributed by atoms with van der Waals surface area (Å²) in [6.07, 6.45) is 1.99. The number of methoxy groups -OCH3 is 2. The Labute approximate surface area is 250 Å². The summed E-state index contributed by atoms with van der Waals surface area (Å²) in [5.41, 5.74) is 6.02. The van der Waals surface area contributed by atoms with Crippen molar-refractivity contribution in [3.8, 4) is 11.4 Å². The Balaban J connectivity index is 1.46. The van der Waals surface area contributed by atoms with E-state index >= 15 is 0 Å². The molecule has 0 bridgehead atoms. The first-order valence-corrected chi connectivity index (χ1v) is 14.0. The van der Waals surface area contributed by atoms with Crippen LogP contribution < -0.4 is 15.4 Å². The monoisotopic (exact) mass is 583 g/mol. The van der Waals surface area contributed by atoms with E-state index in [1.165, 1.54) is 7.11 Å². The van der Waals surface area contributed by atoms with Crippen LogP contribution >= 0.6 is 12.2 Å². The molecule has 10 heteroatoms. The van der Waals surface area contributed by atoms with Gasteiger partial charge < -0.3 is 29.6 Å². The van der Waals surface area contributed by atoms with Crippen LogP contribution in [0.1, 0.15) is 51.5 Å². The lowest BCUT2D eigenvalue weighted by atomic mass is 9.96. The molecule has 0 aliphatic carbocycles. The second kappa shape index (κ2) is 12.4. The molecule has 2 atom stereocenters. The summed E-state index contributed by atoms with van der Waals surface area (Å²) >= 11 is 5.83. The maximum absolute atomic E-state index is 13.0. The molecule has 1 amide bonds. The Morgan fingerprint density at radius 3 is 2.45 bits per heavy atom. The van der Waals surface area contributed by atoms with Gasteiger partial charge in [0.25, 0.3) is 0 Å². The van der Waals surface area contributed by atoms with Crippen molar-refractivity contribution in [3.63, 3.8) is 0 Å². The molecule has 1 aliphatic heterocycles. The zero-order valence-electron chi connectivity index (χ0n) is 24.0. The van der Waals surface area contributed by atoms with E-state index in [0.29, 0.717) is 28.7 Å². The van der Waals surface area contributed by atoms with E-state index in [9.17, 15) is 9.59 Å². The van der Waals surface area contributed by atoms with Crippen LogP contribution in [0.3, 0.4) is 0 Å². The molecule has 216 valence electrons. The van der Waals surface area contributed by atoms with Gasteiger partial charge in [0, 0.05) is 36.2 Å². The highest BCUT2D eigenvalue weighted by Crippen LogP contribution is 2.41. The summed E-state index contributed by atoms with van der Waals surface area (Å²) in [7, 11) is 2.94. The van der Waals surface area contributed by atoms with Crippen LogP contribution in [0.25, 0.3) is 5.69 Å². The summed E-state index contributed by atoms with van der Waals surface area (Å²) in [6.45, 7) is 4.52. The number of nitrogens with zero attached hydrogens (tertiary/aromatic N) is 3. The van der Waals surface area contributed by atoms with Crippen molar-refractivity contribution in [2.75, 3.05) is 26.1 Å². The molecular weight excluding hydrogens is 550 g/mol. The molecule has 42 heavy (non-hydrogen) atoms.